The van der Waals surface area contributed by atoms with Gasteiger partial charge in [-0.15, -0.1) is 0 Å². The molecule has 0 saturated carbocycles. The van der Waals surface area contributed by atoms with Crippen LogP contribution in [0.5, 0.6) is 0 Å². The van der Waals surface area contributed by atoms with Crippen molar-refractivity contribution in [3.8, 4) is 0 Å². The van der Waals surface area contributed by atoms with E-state index >= 15 is 0 Å². The lowest BCUT2D eigenvalue weighted by Gasteiger charge is -2.38. The number of para-hydroxylation sites is 1. The molecule has 124 valence electrons. The largest absolute Gasteiger partial charge is 0.379 e. The van der Waals surface area contributed by atoms with Crippen LogP contribution in [0.2, 0.25) is 5.02 Å². The third-order valence-electron chi connectivity index (χ3n) is 5.90. The molecule has 3 heterocycles. The Morgan fingerprint density at radius 3 is 3.00 bits per heavy atom. The summed E-state index contributed by atoms with van der Waals surface area (Å²) in [4.78, 5) is 5.17. The molecule has 3 aliphatic rings. The van der Waals surface area contributed by atoms with E-state index in [0.717, 1.165) is 24.7 Å². The summed E-state index contributed by atoms with van der Waals surface area (Å²) in [5.74, 6) is 0.541. The molecule has 0 unspecified atom stereocenters. The van der Waals surface area contributed by atoms with Gasteiger partial charge in [-0.2, -0.15) is 0 Å². The maximum absolute atomic E-state index is 6.47. The van der Waals surface area contributed by atoms with Gasteiger partial charge in [0.2, 0.25) is 0 Å². The van der Waals surface area contributed by atoms with E-state index < -0.39 is 0 Å². The second-order valence-corrected chi connectivity index (χ2v) is 7.54. The number of fused-ring (bicyclic) bond motifs is 5. The van der Waals surface area contributed by atoms with Crippen LogP contribution in [-0.4, -0.2) is 30.6 Å². The molecule has 1 saturated heterocycles. The maximum atomic E-state index is 6.47. The van der Waals surface area contributed by atoms with E-state index in [1.54, 1.807) is 0 Å². The molecule has 0 amide bonds. The minimum atomic E-state index is 0.541. The van der Waals surface area contributed by atoms with Crippen LogP contribution in [0.3, 0.4) is 0 Å². The van der Waals surface area contributed by atoms with E-state index in [1.165, 1.54) is 41.2 Å². The smallest absolute Gasteiger partial charge is 0.0687 e. The number of likely N-dealkylation sites (tertiary alicyclic amines) is 1. The molecule has 4 heteroatoms. The Labute approximate surface area is 148 Å². The normalized spacial score (nSPS) is 24.7. The van der Waals surface area contributed by atoms with Gasteiger partial charge in [-0.25, -0.2) is 0 Å². The molecule has 2 aromatic carbocycles. The van der Waals surface area contributed by atoms with Crippen molar-refractivity contribution in [2.45, 2.75) is 31.8 Å². The SMILES string of the molecule is CCN1CC[C@@H]2[C@@H](C1)c1cc(Cl)cc3c1N2c1ccccc1CN3. The molecule has 24 heavy (non-hydrogen) atoms. The number of halogens is 1. The first-order chi connectivity index (χ1) is 11.8. The molecule has 0 spiro atoms. The van der Waals surface area contributed by atoms with E-state index in [9.17, 15) is 0 Å². The van der Waals surface area contributed by atoms with Gasteiger partial charge in [0.1, 0.15) is 0 Å². The van der Waals surface area contributed by atoms with Gasteiger partial charge < -0.3 is 15.1 Å². The Hall–Kier alpha value is -1.71. The average molecular weight is 340 g/mol. The molecular weight excluding hydrogens is 318 g/mol. The Kier molecular flexibility index (Phi) is 3.29. The Morgan fingerprint density at radius 1 is 1.25 bits per heavy atom. The molecule has 5 rings (SSSR count). The molecule has 0 bridgehead atoms. The molecule has 2 aromatic rings. The van der Waals surface area contributed by atoms with Crippen molar-refractivity contribution in [2.24, 2.45) is 0 Å². The number of nitrogens with zero attached hydrogens (tertiary/aromatic N) is 2. The van der Waals surface area contributed by atoms with Gasteiger partial charge in [0.15, 0.2) is 0 Å². The zero-order valence-electron chi connectivity index (χ0n) is 13.9. The Morgan fingerprint density at radius 2 is 2.12 bits per heavy atom. The number of benzene rings is 2. The summed E-state index contributed by atoms with van der Waals surface area (Å²) in [6.07, 6.45) is 1.21. The number of nitrogens with one attached hydrogen (secondary N) is 1. The summed E-state index contributed by atoms with van der Waals surface area (Å²) < 4.78 is 0. The second kappa shape index (κ2) is 5.40. The summed E-state index contributed by atoms with van der Waals surface area (Å²) in [7, 11) is 0. The fourth-order valence-electron chi connectivity index (χ4n) is 4.77. The summed E-state index contributed by atoms with van der Waals surface area (Å²) in [6, 6.07) is 13.6. The van der Waals surface area contributed by atoms with Crippen LogP contribution in [0, 0.1) is 0 Å². The van der Waals surface area contributed by atoms with Gasteiger partial charge in [0.05, 0.1) is 11.4 Å². The molecule has 1 fully saturated rings. The molecule has 2 atom stereocenters. The lowest BCUT2D eigenvalue weighted by Crippen LogP contribution is -2.44. The molecule has 3 aliphatic heterocycles. The lowest BCUT2D eigenvalue weighted by atomic mass is 9.88. The van der Waals surface area contributed by atoms with E-state index in [1.807, 2.05) is 0 Å². The minimum absolute atomic E-state index is 0.541. The zero-order chi connectivity index (χ0) is 16.3. The topological polar surface area (TPSA) is 18.5 Å². The van der Waals surface area contributed by atoms with Gasteiger partial charge in [0.25, 0.3) is 0 Å². The molecule has 1 N–H and O–H groups in total. The summed E-state index contributed by atoms with van der Waals surface area (Å²) in [5.41, 5.74) is 6.70. The highest BCUT2D eigenvalue weighted by atomic mass is 35.5. The van der Waals surface area contributed by atoms with Crippen molar-refractivity contribution >= 4 is 28.7 Å². The van der Waals surface area contributed by atoms with Crippen molar-refractivity contribution in [1.29, 1.82) is 0 Å². The third kappa shape index (κ3) is 2.01. The Bertz CT molecular complexity index is 803. The number of rotatable bonds is 1. The fourth-order valence-corrected chi connectivity index (χ4v) is 4.99. The standard InChI is InChI=1S/C20H22ClN3/c1-2-23-8-7-19-16(12-23)15-9-14(21)10-17-20(15)24(19)18-6-4-3-5-13(18)11-22-17/h3-6,9-10,16,19,22H,2,7-8,11-12H2,1H3/t16-,19+/m0/s1. The van der Waals surface area contributed by atoms with Crippen LogP contribution >= 0.6 is 11.6 Å². The summed E-state index contributed by atoms with van der Waals surface area (Å²) in [6.45, 7) is 6.56. The van der Waals surface area contributed by atoms with Crippen LogP contribution in [0.1, 0.15) is 30.4 Å². The summed E-state index contributed by atoms with van der Waals surface area (Å²) in [5, 5.41) is 4.47. The van der Waals surface area contributed by atoms with Crippen molar-refractivity contribution in [3.63, 3.8) is 0 Å². The number of anilines is 3. The van der Waals surface area contributed by atoms with Gasteiger partial charge in [-0.1, -0.05) is 36.7 Å². The Balaban J connectivity index is 1.72. The quantitative estimate of drug-likeness (QED) is 0.819. The van der Waals surface area contributed by atoms with Crippen LogP contribution in [0.15, 0.2) is 36.4 Å². The van der Waals surface area contributed by atoms with Gasteiger partial charge in [-0.3, -0.25) is 0 Å². The van der Waals surface area contributed by atoms with Crippen molar-refractivity contribution in [1.82, 2.24) is 4.90 Å². The van der Waals surface area contributed by atoms with E-state index in [0.29, 0.717) is 12.0 Å². The maximum Gasteiger partial charge on any atom is 0.0687 e. The van der Waals surface area contributed by atoms with E-state index in [2.05, 4.69) is 58.4 Å². The van der Waals surface area contributed by atoms with Crippen molar-refractivity contribution in [3.05, 3.63) is 52.5 Å². The van der Waals surface area contributed by atoms with E-state index in [-0.39, 0.29) is 0 Å². The predicted molar refractivity (Wildman–Crippen MR) is 101 cm³/mol. The van der Waals surface area contributed by atoms with Gasteiger partial charge in [0, 0.05) is 42.3 Å². The first-order valence-corrected chi connectivity index (χ1v) is 9.31. The fraction of sp³-hybridized carbons (Fsp3) is 0.400. The monoisotopic (exact) mass is 339 g/mol. The third-order valence-corrected chi connectivity index (χ3v) is 6.12. The zero-order valence-corrected chi connectivity index (χ0v) is 14.7. The van der Waals surface area contributed by atoms with E-state index in [4.69, 9.17) is 11.6 Å². The highest BCUT2D eigenvalue weighted by Gasteiger charge is 2.44. The number of hydrogen-bond donors (Lipinski definition) is 1. The molecule has 3 nitrogen and oxygen atoms in total. The highest BCUT2D eigenvalue weighted by molar-refractivity contribution is 6.31. The number of hydrogen-bond acceptors (Lipinski definition) is 3. The van der Waals surface area contributed by atoms with Crippen LogP contribution in [-0.2, 0) is 6.54 Å². The minimum Gasteiger partial charge on any atom is -0.379 e. The molecular formula is C20H22ClN3. The second-order valence-electron chi connectivity index (χ2n) is 7.10. The molecule has 0 radical (unpaired) electrons. The van der Waals surface area contributed by atoms with Crippen LogP contribution in [0.25, 0.3) is 0 Å². The lowest BCUT2D eigenvalue weighted by molar-refractivity contribution is 0.206. The predicted octanol–water partition coefficient (Wildman–Crippen LogP) is 4.60. The van der Waals surface area contributed by atoms with Gasteiger partial charge in [-0.05, 0) is 42.3 Å². The van der Waals surface area contributed by atoms with Gasteiger partial charge >= 0.3 is 0 Å². The van der Waals surface area contributed by atoms with Crippen LogP contribution in [0.4, 0.5) is 17.1 Å². The highest BCUT2D eigenvalue weighted by Crippen LogP contribution is 2.54. The number of piperidine rings is 1. The van der Waals surface area contributed by atoms with Crippen LogP contribution < -0.4 is 10.2 Å². The first-order valence-electron chi connectivity index (χ1n) is 8.93. The summed E-state index contributed by atoms with van der Waals surface area (Å²) >= 11 is 6.47. The first kappa shape index (κ1) is 14.6. The number of likely N-dealkylation sites (N-methyl/N-ethyl adjacent to an activating group) is 1. The molecule has 0 aromatic heterocycles. The average Bonchev–Trinajstić information content (AvgIpc) is 2.83. The molecule has 0 aliphatic carbocycles. The van der Waals surface area contributed by atoms with Crippen molar-refractivity contribution < 1.29 is 0 Å². The van der Waals surface area contributed by atoms with Crippen molar-refractivity contribution in [2.75, 3.05) is 29.9 Å².